The Morgan fingerprint density at radius 3 is 2.22 bits per heavy atom. The second kappa shape index (κ2) is 5.75. The van der Waals surface area contributed by atoms with Crippen molar-refractivity contribution in [2.75, 3.05) is 0 Å². The summed E-state index contributed by atoms with van der Waals surface area (Å²) in [5, 5.41) is 15.5. The lowest BCUT2D eigenvalue weighted by Gasteiger charge is -1.79. The lowest BCUT2D eigenvalue weighted by Crippen LogP contribution is -1.60. The maximum absolute atomic E-state index is 6.62. The third-order valence-electron chi connectivity index (χ3n) is 1.27. The van der Waals surface area contributed by atoms with Gasteiger partial charge in [0.1, 0.15) is 0 Å². The Kier molecular flexibility index (Phi) is 5.51. The van der Waals surface area contributed by atoms with Gasteiger partial charge in [0, 0.05) is 0 Å². The molecule has 0 saturated heterocycles. The van der Waals surface area contributed by atoms with Crippen molar-refractivity contribution < 1.29 is 15.6 Å². The first-order chi connectivity index (χ1) is 4.31. The molecule has 0 fully saturated rings. The van der Waals surface area contributed by atoms with Crippen molar-refractivity contribution in [1.29, 1.82) is 0 Å². The molecule has 1 aliphatic carbocycles. The first kappa shape index (κ1) is 8.62. The van der Waals surface area contributed by atoms with Crippen molar-refractivity contribution in [2.45, 2.75) is 26.2 Å². The zero-order valence-corrected chi connectivity index (χ0v) is 5.50. The molecule has 54 valence electrons. The predicted molar refractivity (Wildman–Crippen MR) is 34.0 cm³/mol. The summed E-state index contributed by atoms with van der Waals surface area (Å²) in [6, 6.07) is 0. The summed E-state index contributed by atoms with van der Waals surface area (Å²) in [4.78, 5) is 0. The van der Waals surface area contributed by atoms with Crippen LogP contribution in [0.5, 0.6) is 0 Å². The maximum atomic E-state index is 6.62. The molecule has 3 heteroatoms. The molecular formula is C6H12O3. The van der Waals surface area contributed by atoms with Crippen LogP contribution >= 0.6 is 0 Å². The van der Waals surface area contributed by atoms with E-state index in [0.717, 1.165) is 0 Å². The zero-order valence-electron chi connectivity index (χ0n) is 5.50. The molecule has 9 heavy (non-hydrogen) atoms. The van der Waals surface area contributed by atoms with E-state index >= 15 is 0 Å². The molecule has 0 saturated carbocycles. The van der Waals surface area contributed by atoms with Gasteiger partial charge < -0.3 is 0 Å². The van der Waals surface area contributed by atoms with E-state index in [9.17, 15) is 0 Å². The van der Waals surface area contributed by atoms with Crippen LogP contribution in [0.25, 0.3) is 0 Å². The molecule has 3 nitrogen and oxygen atoms in total. The lowest BCUT2D eigenvalue weighted by atomic mass is 10.3. The SMILES string of the molecule is CC1=CCCC1.OOO. The van der Waals surface area contributed by atoms with Crippen molar-refractivity contribution in [3.8, 4) is 0 Å². The average molecular weight is 132 g/mol. The average Bonchev–Trinajstić information content (AvgIpc) is 2.20. The second-order valence-corrected chi connectivity index (χ2v) is 2.02. The Hall–Kier alpha value is -0.380. The Morgan fingerprint density at radius 1 is 1.56 bits per heavy atom. The highest BCUT2D eigenvalue weighted by molar-refractivity contribution is 5.02. The van der Waals surface area contributed by atoms with Crippen LogP contribution < -0.4 is 0 Å². The molecule has 1 aliphatic rings. The molecule has 0 amide bonds. The van der Waals surface area contributed by atoms with Gasteiger partial charge in [0.2, 0.25) is 0 Å². The number of rotatable bonds is 0. The molecule has 1 rings (SSSR count). The summed E-state index contributed by atoms with van der Waals surface area (Å²) in [6.45, 7) is 2.20. The Morgan fingerprint density at radius 2 is 2.11 bits per heavy atom. The van der Waals surface area contributed by atoms with Crippen LogP contribution in [0.15, 0.2) is 11.6 Å². The minimum Gasteiger partial charge on any atom is -0.221 e. The summed E-state index contributed by atoms with van der Waals surface area (Å²) >= 11 is 0. The summed E-state index contributed by atoms with van der Waals surface area (Å²) in [6.07, 6.45) is 6.39. The van der Waals surface area contributed by atoms with Crippen molar-refractivity contribution in [3.05, 3.63) is 11.6 Å². The van der Waals surface area contributed by atoms with Crippen LogP contribution in [0, 0.1) is 0 Å². The highest BCUT2D eigenvalue weighted by Crippen LogP contribution is 2.15. The van der Waals surface area contributed by atoms with E-state index in [0.29, 0.717) is 0 Å². The predicted octanol–water partition coefficient (Wildman–Crippen LogP) is 2.07. The fourth-order valence-corrected chi connectivity index (χ4v) is 0.831. The fourth-order valence-electron chi connectivity index (χ4n) is 0.831. The standard InChI is InChI=1S/C6H10.H2O3/c1-6-4-2-3-5-6;1-3-2/h4H,2-3,5H2,1H3;1-2H. The van der Waals surface area contributed by atoms with Crippen LogP contribution in [-0.2, 0) is 5.04 Å². The molecule has 0 aromatic heterocycles. The van der Waals surface area contributed by atoms with Crippen LogP contribution in [0.2, 0.25) is 0 Å². The number of allylic oxidation sites excluding steroid dienone is 2. The molecule has 0 spiro atoms. The molecule has 0 aliphatic heterocycles. The molecule has 0 aromatic rings. The van der Waals surface area contributed by atoms with E-state index in [4.69, 9.17) is 10.5 Å². The first-order valence-electron chi connectivity index (χ1n) is 2.92. The Bertz CT molecular complexity index is 88.3. The van der Waals surface area contributed by atoms with E-state index in [1.165, 1.54) is 19.3 Å². The number of hydrogen-bond acceptors (Lipinski definition) is 3. The van der Waals surface area contributed by atoms with Gasteiger partial charge in [-0.15, -0.1) is 0 Å². The molecule has 0 bridgehead atoms. The van der Waals surface area contributed by atoms with Gasteiger partial charge in [0.15, 0.2) is 0 Å². The lowest BCUT2D eigenvalue weighted by molar-refractivity contribution is -0.465. The van der Waals surface area contributed by atoms with Gasteiger partial charge in [-0.1, -0.05) is 16.7 Å². The van der Waals surface area contributed by atoms with E-state index < -0.39 is 0 Å². The van der Waals surface area contributed by atoms with Crippen molar-refractivity contribution in [3.63, 3.8) is 0 Å². The van der Waals surface area contributed by atoms with Crippen molar-refractivity contribution in [2.24, 2.45) is 0 Å². The van der Waals surface area contributed by atoms with Crippen molar-refractivity contribution >= 4 is 0 Å². The minimum atomic E-state index is 1.33. The number of hydrogen-bond donors (Lipinski definition) is 2. The van der Waals surface area contributed by atoms with Gasteiger partial charge in [-0.2, -0.15) is 0 Å². The molecule has 0 aromatic carbocycles. The fraction of sp³-hybridized carbons (Fsp3) is 0.667. The molecule has 0 unspecified atom stereocenters. The van der Waals surface area contributed by atoms with Crippen LogP contribution in [-0.4, -0.2) is 10.5 Å². The third kappa shape index (κ3) is 5.49. The molecule has 2 N–H and O–H groups in total. The second-order valence-electron chi connectivity index (χ2n) is 2.02. The summed E-state index contributed by atoms with van der Waals surface area (Å²) < 4.78 is 0. The molecular weight excluding hydrogens is 120 g/mol. The monoisotopic (exact) mass is 132 g/mol. The van der Waals surface area contributed by atoms with E-state index in [2.05, 4.69) is 18.0 Å². The van der Waals surface area contributed by atoms with Crippen molar-refractivity contribution in [1.82, 2.24) is 0 Å². The molecule has 0 radical (unpaired) electrons. The Balaban J connectivity index is 0.000000187. The van der Waals surface area contributed by atoms with Gasteiger partial charge in [-0.3, -0.25) is 0 Å². The third-order valence-corrected chi connectivity index (χ3v) is 1.27. The van der Waals surface area contributed by atoms with Crippen LogP contribution in [0.3, 0.4) is 0 Å². The van der Waals surface area contributed by atoms with E-state index in [1.54, 1.807) is 5.57 Å². The zero-order chi connectivity index (χ0) is 7.11. The molecule has 0 heterocycles. The maximum Gasteiger partial charge on any atom is -0.0320 e. The topological polar surface area (TPSA) is 49.7 Å². The van der Waals surface area contributed by atoms with Gasteiger partial charge in [-0.25, -0.2) is 10.5 Å². The van der Waals surface area contributed by atoms with E-state index in [1.807, 2.05) is 0 Å². The van der Waals surface area contributed by atoms with Gasteiger partial charge in [0.05, 0.1) is 0 Å². The van der Waals surface area contributed by atoms with Gasteiger partial charge >= 0.3 is 0 Å². The van der Waals surface area contributed by atoms with E-state index in [-0.39, 0.29) is 0 Å². The quantitative estimate of drug-likeness (QED) is 0.301. The minimum absolute atomic E-state index is 1.33. The summed E-state index contributed by atoms with van der Waals surface area (Å²) in [5.74, 6) is 0. The molecule has 0 atom stereocenters. The highest BCUT2D eigenvalue weighted by Gasteiger charge is 1.94. The smallest absolute Gasteiger partial charge is 0.0320 e. The van der Waals surface area contributed by atoms with Gasteiger partial charge in [-0.05, 0) is 26.2 Å². The van der Waals surface area contributed by atoms with Gasteiger partial charge in [0.25, 0.3) is 0 Å². The normalized spacial score (nSPS) is 16.1. The summed E-state index contributed by atoms with van der Waals surface area (Å²) in [5.41, 5.74) is 1.58. The van der Waals surface area contributed by atoms with Crippen LogP contribution in [0.4, 0.5) is 0 Å². The highest BCUT2D eigenvalue weighted by atomic mass is 17.4. The Labute approximate surface area is 54.4 Å². The largest absolute Gasteiger partial charge is 0.221 e. The summed E-state index contributed by atoms with van der Waals surface area (Å²) in [7, 11) is 0. The first-order valence-corrected chi connectivity index (χ1v) is 2.92. The van der Waals surface area contributed by atoms with Crippen LogP contribution in [0.1, 0.15) is 26.2 Å².